The van der Waals surface area contributed by atoms with Gasteiger partial charge in [0.25, 0.3) is 0 Å². The van der Waals surface area contributed by atoms with Crippen LogP contribution >= 0.6 is 0 Å². The molecule has 68 valence electrons. The number of rotatable bonds is 1. The maximum Gasteiger partial charge on any atom is 2.00 e. The van der Waals surface area contributed by atoms with E-state index in [0.29, 0.717) is 0 Å². The van der Waals surface area contributed by atoms with Gasteiger partial charge in [-0.25, -0.2) is 0 Å². The Morgan fingerprint density at radius 2 is 2.36 bits per heavy atom. The third-order valence-corrected chi connectivity index (χ3v) is 2.40. The van der Waals surface area contributed by atoms with Gasteiger partial charge in [0.05, 0.1) is 0 Å². The molecule has 0 saturated carbocycles. The second-order valence-electron chi connectivity index (χ2n) is 3.43. The van der Waals surface area contributed by atoms with Gasteiger partial charge in [0.2, 0.25) is 0 Å². The molecule has 0 spiro atoms. The molecule has 0 radical (unpaired) electrons. The summed E-state index contributed by atoms with van der Waals surface area (Å²) in [5.41, 5.74) is 1.18. The summed E-state index contributed by atoms with van der Waals surface area (Å²) >= 11 is 0. The third kappa shape index (κ3) is 2.73. The fourth-order valence-electron chi connectivity index (χ4n) is 1.70. The maximum atomic E-state index is 4.58. The molecule has 1 aliphatic rings. The molecule has 4 heteroatoms. The number of benzene rings is 1. The predicted molar refractivity (Wildman–Crippen MR) is 61.9 cm³/mol. The molecule has 2 nitrogen and oxygen atoms in total. The van der Waals surface area contributed by atoms with Crippen molar-refractivity contribution in [1.82, 2.24) is 4.81 Å². The molecular formula is C10H13BMgN2. The summed E-state index contributed by atoms with van der Waals surface area (Å²) in [7, 11) is 2.12. The van der Waals surface area contributed by atoms with E-state index in [4.69, 9.17) is 0 Å². The first-order valence-electron chi connectivity index (χ1n) is 4.71. The number of hydrogen-bond donors (Lipinski definition) is 0. The Bertz CT molecular complexity index is 268. The second kappa shape index (κ2) is 5.76. The van der Waals surface area contributed by atoms with Gasteiger partial charge >= 0.3 is 23.1 Å². The molecule has 0 atom stereocenters. The van der Waals surface area contributed by atoms with Crippen LogP contribution in [0.2, 0.25) is 0 Å². The van der Waals surface area contributed by atoms with Gasteiger partial charge in [-0.3, -0.25) is 0 Å². The fourth-order valence-corrected chi connectivity index (χ4v) is 1.70. The van der Waals surface area contributed by atoms with Gasteiger partial charge in [-0.2, -0.15) is 42.3 Å². The van der Waals surface area contributed by atoms with Gasteiger partial charge in [-0.15, -0.1) is 0 Å². The van der Waals surface area contributed by atoms with E-state index in [-0.39, 0.29) is 30.0 Å². The Morgan fingerprint density at radius 1 is 1.50 bits per heavy atom. The van der Waals surface area contributed by atoms with Gasteiger partial charge in [0.1, 0.15) is 6.98 Å². The summed E-state index contributed by atoms with van der Waals surface area (Å²) in [4.78, 5) is 2.27. The van der Waals surface area contributed by atoms with E-state index >= 15 is 0 Å². The van der Waals surface area contributed by atoms with E-state index in [1.165, 1.54) is 11.9 Å². The molecule has 0 N–H and O–H groups in total. The largest absolute Gasteiger partial charge is 2.00 e. The zero-order valence-corrected chi connectivity index (χ0v) is 10.0. The standard InChI is InChI=1S/C10H13BN2.Mg/c1-13-9-5-8-12-11(13)10-6-3-2-4-7-10;/h2-4,6H,5,8-9H2,1H3;/q-2;+2. The molecule has 1 aromatic rings. The van der Waals surface area contributed by atoms with E-state index in [1.807, 2.05) is 18.2 Å². The van der Waals surface area contributed by atoms with Gasteiger partial charge in [-0.1, -0.05) is 6.42 Å². The van der Waals surface area contributed by atoms with Crippen LogP contribution < -0.4 is 5.46 Å². The van der Waals surface area contributed by atoms with Gasteiger partial charge in [0.15, 0.2) is 0 Å². The number of hydrogen-bond acceptors (Lipinski definition) is 1. The molecule has 2 rings (SSSR count). The van der Waals surface area contributed by atoms with Crippen molar-refractivity contribution in [2.75, 3.05) is 20.1 Å². The van der Waals surface area contributed by atoms with Crippen LogP contribution in [-0.4, -0.2) is 55.0 Å². The Labute approximate surface area is 102 Å². The molecule has 0 unspecified atom stereocenters. The Kier molecular flexibility index (Phi) is 4.95. The second-order valence-corrected chi connectivity index (χ2v) is 3.43. The summed E-state index contributed by atoms with van der Waals surface area (Å²) in [5, 5.41) is 4.58. The molecular weight excluding hydrogens is 183 g/mol. The van der Waals surface area contributed by atoms with Crippen LogP contribution in [0.25, 0.3) is 5.23 Å². The monoisotopic (exact) mass is 196 g/mol. The van der Waals surface area contributed by atoms with Gasteiger partial charge in [-0.05, 0) is 13.6 Å². The van der Waals surface area contributed by atoms with Crippen molar-refractivity contribution in [1.29, 1.82) is 0 Å². The minimum absolute atomic E-state index is 0. The quantitative estimate of drug-likeness (QED) is 0.472. The average Bonchev–Trinajstić information content (AvgIpc) is 2.20. The van der Waals surface area contributed by atoms with Crippen LogP contribution in [0.1, 0.15) is 6.42 Å². The van der Waals surface area contributed by atoms with Crippen molar-refractivity contribution in [2.24, 2.45) is 0 Å². The summed E-state index contributed by atoms with van der Waals surface area (Å²) in [6.45, 7) is 2.35. The fraction of sp³-hybridized carbons (Fsp3) is 0.400. The van der Waals surface area contributed by atoms with Gasteiger partial charge < -0.3 is 10.0 Å². The van der Waals surface area contributed by atoms with E-state index < -0.39 is 0 Å². The first kappa shape index (κ1) is 12.0. The predicted octanol–water partition coefficient (Wildman–Crippen LogP) is 0.510. The maximum absolute atomic E-state index is 4.58. The summed E-state index contributed by atoms with van der Waals surface area (Å²) in [6.07, 6.45) is 1.18. The zero-order chi connectivity index (χ0) is 9.10. The van der Waals surface area contributed by atoms with E-state index in [2.05, 4.69) is 29.2 Å². The van der Waals surface area contributed by atoms with Crippen molar-refractivity contribution in [3.05, 3.63) is 35.6 Å². The molecule has 0 aliphatic carbocycles. The third-order valence-electron chi connectivity index (χ3n) is 2.40. The Balaban J connectivity index is 0.000000980. The number of nitrogens with zero attached hydrogens (tertiary/aromatic N) is 2. The smallest absolute Gasteiger partial charge is 0.670 e. The molecule has 14 heavy (non-hydrogen) atoms. The topological polar surface area (TPSA) is 17.3 Å². The van der Waals surface area contributed by atoms with E-state index in [1.54, 1.807) is 0 Å². The van der Waals surface area contributed by atoms with Crippen LogP contribution in [0.4, 0.5) is 0 Å². The van der Waals surface area contributed by atoms with Crippen molar-refractivity contribution >= 4 is 35.5 Å². The molecule has 0 bridgehead atoms. The van der Waals surface area contributed by atoms with Crippen molar-refractivity contribution in [3.8, 4) is 0 Å². The van der Waals surface area contributed by atoms with Crippen LogP contribution in [-0.2, 0) is 0 Å². The molecule has 1 heterocycles. The van der Waals surface area contributed by atoms with Crippen molar-refractivity contribution < 1.29 is 0 Å². The summed E-state index contributed by atoms with van der Waals surface area (Å²) in [5.74, 6) is 0. The molecule has 1 saturated heterocycles. The first-order valence-corrected chi connectivity index (χ1v) is 4.71. The molecule has 1 fully saturated rings. The molecule has 0 aromatic heterocycles. The van der Waals surface area contributed by atoms with Crippen molar-refractivity contribution in [3.63, 3.8) is 0 Å². The first-order chi connectivity index (χ1) is 6.38. The van der Waals surface area contributed by atoms with E-state index in [0.717, 1.165) is 13.1 Å². The zero-order valence-electron chi connectivity index (χ0n) is 8.61. The Morgan fingerprint density at radius 3 is 3.00 bits per heavy atom. The summed E-state index contributed by atoms with van der Waals surface area (Å²) in [6, 6.07) is 11.3. The molecule has 0 amide bonds. The van der Waals surface area contributed by atoms with Crippen LogP contribution in [0.5, 0.6) is 0 Å². The van der Waals surface area contributed by atoms with Crippen LogP contribution in [0, 0.1) is 6.07 Å². The molecule has 1 aromatic carbocycles. The van der Waals surface area contributed by atoms with Crippen LogP contribution in [0.15, 0.2) is 24.3 Å². The van der Waals surface area contributed by atoms with Crippen LogP contribution in [0.3, 0.4) is 0 Å². The Hall–Kier alpha value is -0.0288. The van der Waals surface area contributed by atoms with E-state index in [9.17, 15) is 0 Å². The molecule has 1 aliphatic heterocycles. The van der Waals surface area contributed by atoms with Crippen molar-refractivity contribution in [2.45, 2.75) is 6.42 Å². The minimum Gasteiger partial charge on any atom is -0.670 e. The minimum atomic E-state index is 0. The SMILES string of the molecule is CN1CCC[N-]B1c1[c-]cccc1.[Mg+2]. The summed E-state index contributed by atoms with van der Waals surface area (Å²) < 4.78 is 0. The average molecular weight is 196 g/mol. The normalized spacial score (nSPS) is 17.6. The van der Waals surface area contributed by atoms with Gasteiger partial charge in [0, 0.05) is 0 Å².